The molecule has 30 heavy (non-hydrogen) atoms. The van der Waals surface area contributed by atoms with Crippen molar-refractivity contribution < 1.29 is 23.5 Å². The van der Waals surface area contributed by atoms with Gasteiger partial charge in [-0.25, -0.2) is 0 Å². The van der Waals surface area contributed by atoms with E-state index in [4.69, 9.17) is 9.15 Å². The fraction of sp³-hybridized carbons (Fsp3) is 0.174. The first-order valence-electron chi connectivity index (χ1n) is 9.46. The summed E-state index contributed by atoms with van der Waals surface area (Å²) in [6.45, 7) is 1.49. The molecule has 0 saturated heterocycles. The average molecular weight is 406 g/mol. The third kappa shape index (κ3) is 6.07. The first-order chi connectivity index (χ1) is 14.5. The molecule has 3 aromatic rings. The molecule has 0 bridgehead atoms. The van der Waals surface area contributed by atoms with Crippen LogP contribution in [0.3, 0.4) is 0 Å². The zero-order valence-corrected chi connectivity index (χ0v) is 16.5. The minimum absolute atomic E-state index is 0.107. The number of amides is 2. The molecule has 1 heterocycles. The lowest BCUT2D eigenvalue weighted by Gasteiger charge is -2.12. The van der Waals surface area contributed by atoms with E-state index in [2.05, 4.69) is 10.6 Å². The number of rotatable bonds is 8. The van der Waals surface area contributed by atoms with Crippen LogP contribution >= 0.6 is 0 Å². The Morgan fingerprint density at radius 2 is 1.80 bits per heavy atom. The fourth-order valence-electron chi connectivity index (χ4n) is 2.80. The van der Waals surface area contributed by atoms with Gasteiger partial charge in [0.25, 0.3) is 11.8 Å². The molecule has 0 unspecified atom stereocenters. The molecule has 7 heteroatoms. The number of hydrogen-bond donors (Lipinski definition) is 2. The molecule has 0 radical (unpaired) electrons. The van der Waals surface area contributed by atoms with Gasteiger partial charge in [0.05, 0.1) is 23.9 Å². The van der Waals surface area contributed by atoms with Gasteiger partial charge >= 0.3 is 5.97 Å². The fourth-order valence-corrected chi connectivity index (χ4v) is 2.80. The molecule has 2 N–H and O–H groups in total. The Hall–Kier alpha value is -3.87. The molecule has 0 spiro atoms. The van der Waals surface area contributed by atoms with Crippen molar-refractivity contribution in [2.24, 2.45) is 0 Å². The van der Waals surface area contributed by atoms with Crippen LogP contribution in [-0.2, 0) is 20.7 Å². The van der Waals surface area contributed by atoms with Gasteiger partial charge in [-0.1, -0.05) is 24.3 Å². The summed E-state index contributed by atoms with van der Waals surface area (Å²) in [6, 6.07) is 17.5. The summed E-state index contributed by atoms with van der Waals surface area (Å²) in [5.74, 6) is -0.721. The van der Waals surface area contributed by atoms with Gasteiger partial charge in [0, 0.05) is 12.1 Å². The van der Waals surface area contributed by atoms with Crippen molar-refractivity contribution in [2.75, 3.05) is 17.2 Å². The topological polar surface area (TPSA) is 97.6 Å². The Labute approximate surface area is 174 Å². The van der Waals surface area contributed by atoms with Crippen LogP contribution in [0.2, 0.25) is 0 Å². The second kappa shape index (κ2) is 10.1. The number of para-hydroxylation sites is 1. The number of carbonyl (C=O) groups excluding carboxylic acids is 3. The molecule has 1 aromatic heterocycles. The lowest BCUT2D eigenvalue weighted by Crippen LogP contribution is -2.23. The molecule has 7 nitrogen and oxygen atoms in total. The second-order valence-corrected chi connectivity index (χ2v) is 6.66. The molecule has 0 atom stereocenters. The van der Waals surface area contributed by atoms with Crippen LogP contribution in [0.15, 0.2) is 71.3 Å². The van der Waals surface area contributed by atoms with Gasteiger partial charge in [0.1, 0.15) is 5.76 Å². The monoisotopic (exact) mass is 406 g/mol. The Morgan fingerprint density at radius 3 is 2.57 bits per heavy atom. The summed E-state index contributed by atoms with van der Waals surface area (Å²) < 4.78 is 10.1. The zero-order valence-electron chi connectivity index (χ0n) is 16.5. The minimum atomic E-state index is -0.530. The molecule has 2 amide bonds. The lowest BCUT2D eigenvalue weighted by atomic mass is 10.1. The lowest BCUT2D eigenvalue weighted by molar-refractivity contribution is -0.147. The number of hydrogen-bond acceptors (Lipinski definition) is 5. The Morgan fingerprint density at radius 1 is 0.967 bits per heavy atom. The molecular formula is C23H22N2O5. The molecule has 0 saturated carbocycles. The third-order valence-electron chi connectivity index (χ3n) is 4.24. The van der Waals surface area contributed by atoms with Crippen molar-refractivity contribution in [1.82, 2.24) is 0 Å². The summed E-state index contributed by atoms with van der Waals surface area (Å²) in [7, 11) is 0. The van der Waals surface area contributed by atoms with E-state index in [9.17, 15) is 14.4 Å². The summed E-state index contributed by atoms with van der Waals surface area (Å²) >= 11 is 0. The van der Waals surface area contributed by atoms with Gasteiger partial charge in [0.15, 0.2) is 6.61 Å². The smallest absolute Gasteiger partial charge is 0.306 e. The van der Waals surface area contributed by atoms with Crippen molar-refractivity contribution in [2.45, 2.75) is 19.8 Å². The molecule has 0 aliphatic heterocycles. The largest absolute Gasteiger partial charge is 0.469 e. The number of furan rings is 1. The molecular weight excluding hydrogens is 384 g/mol. The second-order valence-electron chi connectivity index (χ2n) is 6.66. The number of carbonyl (C=O) groups is 3. The van der Waals surface area contributed by atoms with Crippen LogP contribution < -0.4 is 10.6 Å². The van der Waals surface area contributed by atoms with Gasteiger partial charge in [-0.05, 0) is 48.9 Å². The van der Waals surface area contributed by atoms with E-state index in [1.165, 1.54) is 6.26 Å². The Bertz CT molecular complexity index is 1030. The van der Waals surface area contributed by atoms with Gasteiger partial charge in [-0.3, -0.25) is 14.4 Å². The van der Waals surface area contributed by atoms with E-state index >= 15 is 0 Å². The first-order valence-corrected chi connectivity index (χ1v) is 9.46. The molecule has 154 valence electrons. The molecule has 0 fully saturated rings. The predicted octanol–water partition coefficient (Wildman–Crippen LogP) is 3.95. The molecule has 3 rings (SSSR count). The normalized spacial score (nSPS) is 10.3. The quantitative estimate of drug-likeness (QED) is 0.552. The number of esters is 1. The van der Waals surface area contributed by atoms with Crippen molar-refractivity contribution in [1.29, 1.82) is 0 Å². The SMILES string of the molecule is Cc1cccc(NC(=O)c2ccccc2NC(=O)COC(=O)CCc2ccco2)c1. The van der Waals surface area contributed by atoms with E-state index in [0.717, 1.165) is 5.56 Å². The van der Waals surface area contributed by atoms with E-state index in [-0.39, 0.29) is 12.3 Å². The van der Waals surface area contributed by atoms with Crippen LogP contribution in [-0.4, -0.2) is 24.4 Å². The summed E-state index contributed by atoms with van der Waals surface area (Å²) in [6.07, 6.45) is 2.03. The van der Waals surface area contributed by atoms with Gasteiger partial charge in [-0.2, -0.15) is 0 Å². The number of benzene rings is 2. The predicted molar refractivity (Wildman–Crippen MR) is 112 cm³/mol. The highest BCUT2D eigenvalue weighted by molar-refractivity contribution is 6.10. The summed E-state index contributed by atoms with van der Waals surface area (Å²) in [5, 5.41) is 5.43. The van der Waals surface area contributed by atoms with Crippen LogP contribution in [0.5, 0.6) is 0 Å². The van der Waals surface area contributed by atoms with E-state index in [1.54, 1.807) is 42.5 Å². The first kappa shape index (κ1) is 20.9. The van der Waals surface area contributed by atoms with Gasteiger partial charge in [0.2, 0.25) is 0 Å². The maximum absolute atomic E-state index is 12.6. The summed E-state index contributed by atoms with van der Waals surface area (Å²) in [4.78, 5) is 36.6. The van der Waals surface area contributed by atoms with E-state index in [1.807, 2.05) is 25.1 Å². The minimum Gasteiger partial charge on any atom is -0.469 e. The molecule has 2 aromatic carbocycles. The molecule has 0 aliphatic rings. The third-order valence-corrected chi connectivity index (χ3v) is 4.24. The summed E-state index contributed by atoms with van der Waals surface area (Å²) in [5.41, 5.74) is 2.31. The number of nitrogens with one attached hydrogen (secondary N) is 2. The standard InChI is InChI=1S/C23H22N2O5/c1-16-6-4-7-17(14-16)24-23(28)19-9-2-3-10-20(19)25-21(26)15-30-22(27)12-11-18-8-5-13-29-18/h2-10,13-14H,11-12,15H2,1H3,(H,24,28)(H,25,26). The Balaban J connectivity index is 1.54. The van der Waals surface area contributed by atoms with Crippen molar-refractivity contribution in [3.63, 3.8) is 0 Å². The number of aryl methyl sites for hydroxylation is 2. The van der Waals surface area contributed by atoms with E-state index in [0.29, 0.717) is 29.1 Å². The van der Waals surface area contributed by atoms with Crippen LogP contribution in [0.4, 0.5) is 11.4 Å². The maximum Gasteiger partial charge on any atom is 0.306 e. The van der Waals surface area contributed by atoms with Crippen molar-refractivity contribution in [3.05, 3.63) is 83.8 Å². The van der Waals surface area contributed by atoms with Crippen molar-refractivity contribution >= 4 is 29.2 Å². The zero-order chi connectivity index (χ0) is 21.3. The number of ether oxygens (including phenoxy) is 1. The Kier molecular flexibility index (Phi) is 7.00. The maximum atomic E-state index is 12.6. The van der Waals surface area contributed by atoms with Crippen LogP contribution in [0.1, 0.15) is 28.1 Å². The van der Waals surface area contributed by atoms with Gasteiger partial charge in [-0.15, -0.1) is 0 Å². The highest BCUT2D eigenvalue weighted by Gasteiger charge is 2.15. The van der Waals surface area contributed by atoms with Gasteiger partial charge < -0.3 is 19.8 Å². The highest BCUT2D eigenvalue weighted by atomic mass is 16.5. The van der Waals surface area contributed by atoms with Crippen LogP contribution in [0, 0.1) is 6.92 Å². The highest BCUT2D eigenvalue weighted by Crippen LogP contribution is 2.18. The van der Waals surface area contributed by atoms with Crippen LogP contribution in [0.25, 0.3) is 0 Å². The molecule has 0 aliphatic carbocycles. The average Bonchev–Trinajstić information content (AvgIpc) is 3.25. The van der Waals surface area contributed by atoms with Crippen molar-refractivity contribution in [3.8, 4) is 0 Å². The van der Waals surface area contributed by atoms with E-state index < -0.39 is 18.5 Å². The number of anilines is 2.